The predicted molar refractivity (Wildman–Crippen MR) is 45.2 cm³/mol. The fraction of sp³-hybridized carbons (Fsp3) is 1.00. The summed E-state index contributed by atoms with van der Waals surface area (Å²) in [5.41, 5.74) is 5.51. The van der Waals surface area contributed by atoms with Gasteiger partial charge in [-0.1, -0.05) is 19.3 Å². The van der Waals surface area contributed by atoms with Crippen molar-refractivity contribution >= 4 is 0 Å². The SMILES string of the molecule is N[C@@H](CC(F)(F)F)C1CCCCC1. The zero-order chi connectivity index (χ0) is 9.90. The molecule has 1 nitrogen and oxygen atoms in total. The predicted octanol–water partition coefficient (Wildman–Crippen LogP) is 2.85. The molecule has 0 bridgehead atoms. The molecule has 0 aromatic carbocycles. The molecular formula is C9H16F3N. The van der Waals surface area contributed by atoms with Crippen LogP contribution in [0.2, 0.25) is 0 Å². The van der Waals surface area contributed by atoms with Gasteiger partial charge in [0.1, 0.15) is 0 Å². The highest BCUT2D eigenvalue weighted by Gasteiger charge is 2.33. The van der Waals surface area contributed by atoms with Gasteiger partial charge >= 0.3 is 6.18 Å². The van der Waals surface area contributed by atoms with Crippen LogP contribution in [0.1, 0.15) is 38.5 Å². The third-order valence-corrected chi connectivity index (χ3v) is 2.72. The van der Waals surface area contributed by atoms with Crippen molar-refractivity contribution in [3.8, 4) is 0 Å². The number of alkyl halides is 3. The van der Waals surface area contributed by atoms with Crippen LogP contribution in [0.15, 0.2) is 0 Å². The Balaban J connectivity index is 2.33. The zero-order valence-corrected chi connectivity index (χ0v) is 7.61. The second-order valence-electron chi connectivity index (χ2n) is 3.88. The second-order valence-corrected chi connectivity index (χ2v) is 3.88. The molecule has 13 heavy (non-hydrogen) atoms. The van der Waals surface area contributed by atoms with Gasteiger partial charge in [-0.05, 0) is 18.8 Å². The van der Waals surface area contributed by atoms with Gasteiger partial charge in [0.05, 0.1) is 6.42 Å². The lowest BCUT2D eigenvalue weighted by molar-refractivity contribution is -0.141. The average molecular weight is 195 g/mol. The molecule has 0 aromatic heterocycles. The summed E-state index contributed by atoms with van der Waals surface area (Å²) in [7, 11) is 0. The van der Waals surface area contributed by atoms with Crippen molar-refractivity contribution in [1.82, 2.24) is 0 Å². The lowest BCUT2D eigenvalue weighted by Gasteiger charge is -2.27. The van der Waals surface area contributed by atoms with Crippen molar-refractivity contribution in [2.75, 3.05) is 0 Å². The van der Waals surface area contributed by atoms with Gasteiger partial charge in [-0.3, -0.25) is 0 Å². The van der Waals surface area contributed by atoms with E-state index >= 15 is 0 Å². The Labute approximate surface area is 76.5 Å². The molecular weight excluding hydrogens is 179 g/mol. The van der Waals surface area contributed by atoms with E-state index in [0.717, 1.165) is 32.1 Å². The van der Waals surface area contributed by atoms with Crippen LogP contribution in [0.4, 0.5) is 13.2 Å². The Hall–Kier alpha value is -0.250. The zero-order valence-electron chi connectivity index (χ0n) is 7.61. The lowest BCUT2D eigenvalue weighted by atomic mass is 9.83. The van der Waals surface area contributed by atoms with Gasteiger partial charge in [0, 0.05) is 6.04 Å². The summed E-state index contributed by atoms with van der Waals surface area (Å²) in [5.74, 6) is 0.0929. The minimum atomic E-state index is -4.10. The van der Waals surface area contributed by atoms with Gasteiger partial charge < -0.3 is 5.73 Å². The first kappa shape index (κ1) is 10.8. The number of halogens is 3. The van der Waals surface area contributed by atoms with Crippen molar-refractivity contribution < 1.29 is 13.2 Å². The van der Waals surface area contributed by atoms with Crippen LogP contribution >= 0.6 is 0 Å². The third kappa shape index (κ3) is 3.98. The summed E-state index contributed by atoms with van der Waals surface area (Å²) in [6.45, 7) is 0. The Morgan fingerprint density at radius 2 is 1.69 bits per heavy atom. The minimum Gasteiger partial charge on any atom is -0.327 e. The van der Waals surface area contributed by atoms with E-state index in [2.05, 4.69) is 0 Å². The molecule has 0 radical (unpaired) electrons. The summed E-state index contributed by atoms with van der Waals surface area (Å²) in [4.78, 5) is 0. The molecule has 1 saturated carbocycles. The van der Waals surface area contributed by atoms with E-state index in [1.165, 1.54) is 0 Å². The monoisotopic (exact) mass is 195 g/mol. The highest BCUT2D eigenvalue weighted by Crippen LogP contribution is 2.31. The van der Waals surface area contributed by atoms with Crippen LogP contribution in [-0.4, -0.2) is 12.2 Å². The molecule has 0 saturated heterocycles. The lowest BCUT2D eigenvalue weighted by Crippen LogP contribution is -2.35. The standard InChI is InChI=1S/C9H16F3N/c10-9(11,12)6-8(13)7-4-2-1-3-5-7/h7-8H,1-6,13H2/t8-/m0/s1. The quantitative estimate of drug-likeness (QED) is 0.720. The average Bonchev–Trinajstić information content (AvgIpc) is 2.03. The second kappa shape index (κ2) is 4.31. The van der Waals surface area contributed by atoms with E-state index in [-0.39, 0.29) is 5.92 Å². The van der Waals surface area contributed by atoms with Crippen LogP contribution in [0.5, 0.6) is 0 Å². The Kier molecular flexibility index (Phi) is 3.59. The number of rotatable bonds is 2. The summed E-state index contributed by atoms with van der Waals surface area (Å²) in [6, 6.07) is -0.680. The Morgan fingerprint density at radius 1 is 1.15 bits per heavy atom. The fourth-order valence-electron chi connectivity index (χ4n) is 2.00. The minimum absolute atomic E-state index is 0.0929. The molecule has 0 aliphatic heterocycles. The Morgan fingerprint density at radius 3 is 2.15 bits per heavy atom. The van der Waals surface area contributed by atoms with Crippen LogP contribution in [-0.2, 0) is 0 Å². The molecule has 1 rings (SSSR count). The maximum atomic E-state index is 12.0. The van der Waals surface area contributed by atoms with E-state index in [4.69, 9.17) is 5.73 Å². The van der Waals surface area contributed by atoms with Gasteiger partial charge in [-0.25, -0.2) is 0 Å². The number of nitrogens with two attached hydrogens (primary N) is 1. The molecule has 0 heterocycles. The van der Waals surface area contributed by atoms with Crippen LogP contribution in [0.3, 0.4) is 0 Å². The van der Waals surface area contributed by atoms with E-state index in [1.54, 1.807) is 0 Å². The Bertz CT molecular complexity index is 149. The van der Waals surface area contributed by atoms with Gasteiger partial charge in [0.2, 0.25) is 0 Å². The number of hydrogen-bond acceptors (Lipinski definition) is 1. The maximum Gasteiger partial charge on any atom is 0.390 e. The molecule has 0 spiro atoms. The van der Waals surface area contributed by atoms with E-state index in [0.29, 0.717) is 0 Å². The summed E-state index contributed by atoms with van der Waals surface area (Å²) in [6.07, 6.45) is 0.0463. The molecule has 1 atom stereocenters. The molecule has 1 aliphatic rings. The van der Waals surface area contributed by atoms with Gasteiger partial charge in [-0.2, -0.15) is 13.2 Å². The smallest absolute Gasteiger partial charge is 0.327 e. The molecule has 0 aromatic rings. The van der Waals surface area contributed by atoms with Crippen molar-refractivity contribution in [1.29, 1.82) is 0 Å². The maximum absolute atomic E-state index is 12.0. The van der Waals surface area contributed by atoms with Crippen LogP contribution in [0, 0.1) is 5.92 Å². The molecule has 0 unspecified atom stereocenters. The van der Waals surface area contributed by atoms with Gasteiger partial charge in [0.25, 0.3) is 0 Å². The van der Waals surface area contributed by atoms with Crippen LogP contribution in [0.25, 0.3) is 0 Å². The first-order valence-electron chi connectivity index (χ1n) is 4.81. The van der Waals surface area contributed by atoms with Crippen molar-refractivity contribution in [2.45, 2.75) is 50.7 Å². The largest absolute Gasteiger partial charge is 0.390 e. The molecule has 2 N–H and O–H groups in total. The van der Waals surface area contributed by atoms with Crippen molar-refractivity contribution in [2.24, 2.45) is 11.7 Å². The summed E-state index contributed by atoms with van der Waals surface area (Å²) >= 11 is 0. The molecule has 1 fully saturated rings. The normalized spacial score (nSPS) is 23.1. The summed E-state index contributed by atoms with van der Waals surface area (Å²) < 4.78 is 35.9. The first-order chi connectivity index (χ1) is 5.99. The molecule has 4 heteroatoms. The van der Waals surface area contributed by atoms with Crippen molar-refractivity contribution in [3.63, 3.8) is 0 Å². The van der Waals surface area contributed by atoms with Gasteiger partial charge in [0.15, 0.2) is 0 Å². The third-order valence-electron chi connectivity index (χ3n) is 2.72. The molecule has 0 amide bonds. The van der Waals surface area contributed by atoms with E-state index in [1.807, 2.05) is 0 Å². The van der Waals surface area contributed by atoms with E-state index in [9.17, 15) is 13.2 Å². The fourth-order valence-corrected chi connectivity index (χ4v) is 2.00. The van der Waals surface area contributed by atoms with Gasteiger partial charge in [-0.15, -0.1) is 0 Å². The summed E-state index contributed by atoms with van der Waals surface area (Å²) in [5, 5.41) is 0. The van der Waals surface area contributed by atoms with Crippen LogP contribution < -0.4 is 5.73 Å². The van der Waals surface area contributed by atoms with Crippen molar-refractivity contribution in [3.05, 3.63) is 0 Å². The first-order valence-corrected chi connectivity index (χ1v) is 4.81. The number of hydrogen-bond donors (Lipinski definition) is 1. The topological polar surface area (TPSA) is 26.0 Å². The highest BCUT2D eigenvalue weighted by atomic mass is 19.4. The molecule has 78 valence electrons. The molecule has 1 aliphatic carbocycles. The highest BCUT2D eigenvalue weighted by molar-refractivity contribution is 4.78. The van der Waals surface area contributed by atoms with E-state index < -0.39 is 18.6 Å².